The summed E-state index contributed by atoms with van der Waals surface area (Å²) >= 11 is 0. The van der Waals surface area contributed by atoms with E-state index < -0.39 is 0 Å². The number of likely N-dealkylation sites (tertiary alicyclic amines) is 1. The van der Waals surface area contributed by atoms with Gasteiger partial charge in [0.2, 0.25) is 0 Å². The van der Waals surface area contributed by atoms with E-state index in [1.165, 1.54) is 71.1 Å². The zero-order valence-corrected chi connectivity index (χ0v) is 12.3. The Hall–Kier alpha value is -0.120. The van der Waals surface area contributed by atoms with Crippen LogP contribution in [-0.2, 0) is 0 Å². The third kappa shape index (κ3) is 5.25. The van der Waals surface area contributed by atoms with E-state index in [-0.39, 0.29) is 0 Å². The van der Waals surface area contributed by atoms with E-state index in [4.69, 9.17) is 0 Å². The molecule has 0 atom stereocenters. The van der Waals surface area contributed by atoms with E-state index in [9.17, 15) is 0 Å². The first-order valence-electron chi connectivity index (χ1n) is 7.88. The molecule has 0 radical (unpaired) electrons. The van der Waals surface area contributed by atoms with Gasteiger partial charge in [-0.05, 0) is 78.8 Å². The largest absolute Gasteiger partial charge is 0.314 e. The summed E-state index contributed by atoms with van der Waals surface area (Å²) in [5, 5.41) is 3.59. The summed E-state index contributed by atoms with van der Waals surface area (Å²) in [7, 11) is 4.56. The first-order valence-corrected chi connectivity index (χ1v) is 7.88. The Morgan fingerprint density at radius 2 is 1.78 bits per heavy atom. The molecule has 0 unspecified atom stereocenters. The highest BCUT2D eigenvalue weighted by Crippen LogP contribution is 2.18. The van der Waals surface area contributed by atoms with Gasteiger partial charge in [-0.15, -0.1) is 0 Å². The van der Waals surface area contributed by atoms with Crippen LogP contribution in [0.1, 0.15) is 44.9 Å². The van der Waals surface area contributed by atoms with Crippen molar-refractivity contribution in [3.05, 3.63) is 0 Å². The minimum atomic E-state index is 0.839. The van der Waals surface area contributed by atoms with Gasteiger partial charge in [-0.25, -0.2) is 0 Å². The molecule has 2 fully saturated rings. The third-order valence-corrected chi connectivity index (χ3v) is 4.51. The molecule has 1 aliphatic carbocycles. The Morgan fingerprint density at radius 3 is 2.44 bits per heavy atom. The molecule has 18 heavy (non-hydrogen) atoms. The van der Waals surface area contributed by atoms with Gasteiger partial charge in [0.05, 0.1) is 0 Å². The maximum Gasteiger partial charge on any atom is 0.0117 e. The second kappa shape index (κ2) is 7.46. The maximum atomic E-state index is 3.59. The Morgan fingerprint density at radius 1 is 1.06 bits per heavy atom. The Bertz CT molecular complexity index is 220. The van der Waals surface area contributed by atoms with Crippen molar-refractivity contribution in [2.75, 3.05) is 40.3 Å². The first kappa shape index (κ1) is 14.3. The van der Waals surface area contributed by atoms with Crippen LogP contribution in [0.5, 0.6) is 0 Å². The second-order valence-corrected chi connectivity index (χ2v) is 6.30. The average molecular weight is 253 g/mol. The number of hydrogen-bond acceptors (Lipinski definition) is 3. The molecular weight excluding hydrogens is 222 g/mol. The van der Waals surface area contributed by atoms with E-state index in [0.717, 1.165) is 12.1 Å². The first-order chi connectivity index (χ1) is 8.75. The molecule has 0 aromatic heterocycles. The predicted octanol–water partition coefficient (Wildman–Crippen LogP) is 1.93. The van der Waals surface area contributed by atoms with Crippen molar-refractivity contribution < 1.29 is 0 Å². The van der Waals surface area contributed by atoms with Crippen molar-refractivity contribution in [3.63, 3.8) is 0 Å². The molecule has 106 valence electrons. The molecule has 2 rings (SSSR count). The monoisotopic (exact) mass is 253 g/mol. The molecule has 1 saturated carbocycles. The molecule has 0 bridgehead atoms. The maximum absolute atomic E-state index is 3.59. The standard InChI is InChI=1S/C15H31N3/c1-17-12-8-15(9-13-17)18(2)11-5-3-4-10-16-14-6-7-14/h14-16H,3-13H2,1-2H3. The summed E-state index contributed by atoms with van der Waals surface area (Å²) in [4.78, 5) is 5.05. The second-order valence-electron chi connectivity index (χ2n) is 6.30. The smallest absolute Gasteiger partial charge is 0.0117 e. The fraction of sp³-hybridized carbons (Fsp3) is 1.00. The topological polar surface area (TPSA) is 18.5 Å². The molecule has 3 nitrogen and oxygen atoms in total. The van der Waals surface area contributed by atoms with Crippen LogP contribution < -0.4 is 5.32 Å². The lowest BCUT2D eigenvalue weighted by Gasteiger charge is -2.35. The number of nitrogens with zero attached hydrogens (tertiary/aromatic N) is 2. The fourth-order valence-electron chi connectivity index (χ4n) is 2.87. The minimum absolute atomic E-state index is 0.839. The molecule has 1 heterocycles. The summed E-state index contributed by atoms with van der Waals surface area (Å²) in [6.45, 7) is 5.08. The van der Waals surface area contributed by atoms with Crippen LogP contribution in [0, 0.1) is 0 Å². The Labute approximate surface area is 113 Å². The molecule has 0 aromatic rings. The molecule has 1 saturated heterocycles. The molecule has 1 N–H and O–H groups in total. The summed E-state index contributed by atoms with van der Waals surface area (Å²) in [5.74, 6) is 0. The van der Waals surface area contributed by atoms with Crippen molar-refractivity contribution >= 4 is 0 Å². The van der Waals surface area contributed by atoms with Crippen molar-refractivity contribution in [2.24, 2.45) is 0 Å². The van der Waals surface area contributed by atoms with Crippen molar-refractivity contribution in [3.8, 4) is 0 Å². The van der Waals surface area contributed by atoms with Crippen molar-refractivity contribution in [1.82, 2.24) is 15.1 Å². The number of rotatable bonds is 8. The normalized spacial score (nSPS) is 22.8. The summed E-state index contributed by atoms with van der Waals surface area (Å²) in [5.41, 5.74) is 0. The summed E-state index contributed by atoms with van der Waals surface area (Å²) in [6, 6.07) is 1.72. The zero-order valence-electron chi connectivity index (χ0n) is 12.3. The van der Waals surface area contributed by atoms with Gasteiger partial charge < -0.3 is 15.1 Å². The van der Waals surface area contributed by atoms with Crippen LogP contribution in [0.4, 0.5) is 0 Å². The molecular formula is C15H31N3. The van der Waals surface area contributed by atoms with Gasteiger partial charge in [0, 0.05) is 12.1 Å². The Kier molecular flexibility index (Phi) is 5.93. The number of nitrogens with one attached hydrogen (secondary N) is 1. The molecule has 3 heteroatoms. The van der Waals surface area contributed by atoms with E-state index >= 15 is 0 Å². The molecule has 0 spiro atoms. The SMILES string of the molecule is CN1CCC(N(C)CCCCCNC2CC2)CC1. The highest BCUT2D eigenvalue weighted by Gasteiger charge is 2.20. The lowest BCUT2D eigenvalue weighted by Crippen LogP contribution is -2.42. The molecule has 1 aliphatic heterocycles. The van der Waals surface area contributed by atoms with Gasteiger partial charge >= 0.3 is 0 Å². The van der Waals surface area contributed by atoms with Gasteiger partial charge in [-0.2, -0.15) is 0 Å². The van der Waals surface area contributed by atoms with Gasteiger partial charge in [-0.1, -0.05) is 6.42 Å². The van der Waals surface area contributed by atoms with Crippen molar-refractivity contribution in [1.29, 1.82) is 0 Å². The van der Waals surface area contributed by atoms with E-state index in [2.05, 4.69) is 29.2 Å². The van der Waals surface area contributed by atoms with Crippen molar-refractivity contribution in [2.45, 2.75) is 57.0 Å². The van der Waals surface area contributed by atoms with Crippen LogP contribution in [0.2, 0.25) is 0 Å². The van der Waals surface area contributed by atoms with Crippen LogP contribution in [0.3, 0.4) is 0 Å². The van der Waals surface area contributed by atoms with Gasteiger partial charge in [0.15, 0.2) is 0 Å². The lowest BCUT2D eigenvalue weighted by molar-refractivity contribution is 0.142. The molecule has 0 aromatic carbocycles. The van der Waals surface area contributed by atoms with E-state index in [1.54, 1.807) is 0 Å². The molecule has 0 amide bonds. The number of piperidine rings is 1. The molecule has 2 aliphatic rings. The van der Waals surface area contributed by atoms with Gasteiger partial charge in [0.1, 0.15) is 0 Å². The summed E-state index contributed by atoms with van der Waals surface area (Å²) in [6.07, 6.45) is 9.66. The third-order valence-electron chi connectivity index (χ3n) is 4.51. The summed E-state index contributed by atoms with van der Waals surface area (Å²) < 4.78 is 0. The van der Waals surface area contributed by atoms with Gasteiger partial charge in [-0.3, -0.25) is 0 Å². The van der Waals surface area contributed by atoms with E-state index in [1.807, 2.05) is 0 Å². The van der Waals surface area contributed by atoms with Crippen LogP contribution in [-0.4, -0.2) is 62.2 Å². The minimum Gasteiger partial charge on any atom is -0.314 e. The van der Waals surface area contributed by atoms with E-state index in [0.29, 0.717) is 0 Å². The van der Waals surface area contributed by atoms with Crippen LogP contribution in [0.25, 0.3) is 0 Å². The zero-order chi connectivity index (χ0) is 12.8. The van der Waals surface area contributed by atoms with Gasteiger partial charge in [0.25, 0.3) is 0 Å². The highest BCUT2D eigenvalue weighted by atomic mass is 15.2. The Balaban J connectivity index is 1.44. The number of hydrogen-bond donors (Lipinski definition) is 1. The van der Waals surface area contributed by atoms with Crippen LogP contribution >= 0.6 is 0 Å². The quantitative estimate of drug-likeness (QED) is 0.667. The lowest BCUT2D eigenvalue weighted by atomic mass is 10.0. The fourth-order valence-corrected chi connectivity index (χ4v) is 2.87. The highest BCUT2D eigenvalue weighted by molar-refractivity contribution is 4.80. The number of unbranched alkanes of at least 4 members (excludes halogenated alkanes) is 2. The average Bonchev–Trinajstić information content (AvgIpc) is 3.18. The predicted molar refractivity (Wildman–Crippen MR) is 78.0 cm³/mol. The van der Waals surface area contributed by atoms with Crippen LogP contribution in [0.15, 0.2) is 0 Å².